The van der Waals surface area contributed by atoms with E-state index in [9.17, 15) is 5.11 Å². The molecule has 5 nitrogen and oxygen atoms in total. The van der Waals surface area contributed by atoms with Gasteiger partial charge in [-0.1, -0.05) is 0 Å². The second-order valence-electron chi connectivity index (χ2n) is 4.57. The lowest BCUT2D eigenvalue weighted by Gasteiger charge is -2.09. The first-order valence-corrected chi connectivity index (χ1v) is 6.77. The van der Waals surface area contributed by atoms with Crippen molar-refractivity contribution in [2.24, 2.45) is 0 Å². The van der Waals surface area contributed by atoms with Crippen LogP contribution in [0.3, 0.4) is 0 Å². The third-order valence-electron chi connectivity index (χ3n) is 2.77. The van der Waals surface area contributed by atoms with E-state index in [1.54, 1.807) is 7.11 Å². The van der Waals surface area contributed by atoms with E-state index in [0.717, 1.165) is 45.7 Å². The average Bonchev–Trinajstić information content (AvgIpc) is 3.16. The molecular formula is C13H26O5. The molecule has 1 saturated heterocycles. The molecule has 2 unspecified atom stereocenters. The molecule has 1 rings (SSSR count). The van der Waals surface area contributed by atoms with Gasteiger partial charge in [-0.3, -0.25) is 0 Å². The number of hydrogen-bond donors (Lipinski definition) is 1. The van der Waals surface area contributed by atoms with Gasteiger partial charge in [0.25, 0.3) is 0 Å². The molecule has 0 spiro atoms. The van der Waals surface area contributed by atoms with Gasteiger partial charge in [-0.25, -0.2) is 0 Å². The van der Waals surface area contributed by atoms with E-state index in [2.05, 4.69) is 0 Å². The van der Waals surface area contributed by atoms with Crippen LogP contribution < -0.4 is 0 Å². The lowest BCUT2D eigenvalue weighted by molar-refractivity contribution is 0.0297. The van der Waals surface area contributed by atoms with Crippen molar-refractivity contribution in [2.75, 3.05) is 46.8 Å². The van der Waals surface area contributed by atoms with Gasteiger partial charge in [0.15, 0.2) is 0 Å². The van der Waals surface area contributed by atoms with Gasteiger partial charge in [-0.2, -0.15) is 0 Å². The Kier molecular flexibility index (Phi) is 9.42. The van der Waals surface area contributed by atoms with Gasteiger partial charge >= 0.3 is 0 Å². The molecule has 0 aromatic rings. The SMILES string of the molecule is COCC(O)CCOCCCCOCCC1CO1. The zero-order valence-corrected chi connectivity index (χ0v) is 11.3. The van der Waals surface area contributed by atoms with E-state index in [1.807, 2.05) is 0 Å². The number of rotatable bonds is 13. The standard InChI is InChI=1S/C13H26O5/c1-15-10-12(14)4-8-16-6-2-3-7-17-9-5-13-11-18-13/h12-14H,2-11H2,1H3. The molecule has 1 fully saturated rings. The lowest BCUT2D eigenvalue weighted by atomic mass is 10.3. The molecule has 0 aromatic heterocycles. The Morgan fingerprint density at radius 2 is 1.83 bits per heavy atom. The Labute approximate surface area is 109 Å². The second-order valence-corrected chi connectivity index (χ2v) is 4.57. The predicted molar refractivity (Wildman–Crippen MR) is 67.7 cm³/mol. The van der Waals surface area contributed by atoms with Crippen LogP contribution in [-0.2, 0) is 18.9 Å². The Morgan fingerprint density at radius 1 is 1.17 bits per heavy atom. The topological polar surface area (TPSA) is 60.5 Å². The highest BCUT2D eigenvalue weighted by atomic mass is 16.6. The second kappa shape index (κ2) is 10.7. The van der Waals surface area contributed by atoms with Crippen LogP contribution in [-0.4, -0.2) is 64.1 Å². The molecular weight excluding hydrogens is 236 g/mol. The van der Waals surface area contributed by atoms with Crippen molar-refractivity contribution in [3.8, 4) is 0 Å². The maximum Gasteiger partial charge on any atom is 0.0831 e. The summed E-state index contributed by atoms with van der Waals surface area (Å²) in [5.41, 5.74) is 0. The van der Waals surface area contributed by atoms with Crippen LogP contribution in [0.2, 0.25) is 0 Å². The summed E-state index contributed by atoms with van der Waals surface area (Å²) in [5, 5.41) is 9.36. The van der Waals surface area contributed by atoms with E-state index in [-0.39, 0.29) is 0 Å². The minimum atomic E-state index is -0.414. The van der Waals surface area contributed by atoms with Crippen LogP contribution >= 0.6 is 0 Å². The number of aliphatic hydroxyl groups is 1. The van der Waals surface area contributed by atoms with Gasteiger partial charge in [-0.05, 0) is 25.7 Å². The fourth-order valence-corrected chi connectivity index (χ4v) is 1.56. The molecule has 0 saturated carbocycles. The van der Waals surface area contributed by atoms with Crippen molar-refractivity contribution < 1.29 is 24.1 Å². The van der Waals surface area contributed by atoms with Gasteiger partial charge < -0.3 is 24.1 Å². The minimum absolute atomic E-state index is 0.377. The fourth-order valence-electron chi connectivity index (χ4n) is 1.56. The average molecular weight is 262 g/mol. The molecule has 18 heavy (non-hydrogen) atoms. The highest BCUT2D eigenvalue weighted by molar-refractivity contribution is 4.67. The maximum absolute atomic E-state index is 9.36. The molecule has 0 aliphatic carbocycles. The van der Waals surface area contributed by atoms with Gasteiger partial charge in [0, 0.05) is 33.5 Å². The van der Waals surface area contributed by atoms with Gasteiger partial charge in [0.1, 0.15) is 0 Å². The van der Waals surface area contributed by atoms with E-state index in [0.29, 0.717) is 25.7 Å². The third-order valence-corrected chi connectivity index (χ3v) is 2.77. The van der Waals surface area contributed by atoms with Gasteiger partial charge in [0.2, 0.25) is 0 Å². The molecule has 1 aliphatic rings. The summed E-state index contributed by atoms with van der Waals surface area (Å²) in [6.45, 7) is 4.20. The minimum Gasteiger partial charge on any atom is -0.391 e. The molecule has 0 bridgehead atoms. The largest absolute Gasteiger partial charge is 0.391 e. The van der Waals surface area contributed by atoms with Crippen molar-refractivity contribution in [3.05, 3.63) is 0 Å². The van der Waals surface area contributed by atoms with Crippen LogP contribution in [0.5, 0.6) is 0 Å². The molecule has 0 radical (unpaired) electrons. The van der Waals surface area contributed by atoms with Crippen molar-refractivity contribution in [2.45, 2.75) is 37.9 Å². The number of epoxide rings is 1. The van der Waals surface area contributed by atoms with Crippen molar-refractivity contribution in [1.29, 1.82) is 0 Å². The van der Waals surface area contributed by atoms with E-state index < -0.39 is 6.10 Å². The summed E-state index contributed by atoms with van der Waals surface area (Å²) >= 11 is 0. The summed E-state index contributed by atoms with van der Waals surface area (Å²) in [4.78, 5) is 0. The Bertz CT molecular complexity index is 184. The van der Waals surface area contributed by atoms with Crippen LogP contribution in [0.15, 0.2) is 0 Å². The normalized spacial score (nSPS) is 20.0. The zero-order chi connectivity index (χ0) is 13.1. The molecule has 1 aliphatic heterocycles. The first-order valence-electron chi connectivity index (χ1n) is 6.77. The number of aliphatic hydroxyl groups excluding tert-OH is 1. The van der Waals surface area contributed by atoms with E-state index in [1.165, 1.54) is 0 Å². The lowest BCUT2D eigenvalue weighted by Crippen LogP contribution is -2.16. The fraction of sp³-hybridized carbons (Fsp3) is 1.00. The van der Waals surface area contributed by atoms with Crippen molar-refractivity contribution in [3.63, 3.8) is 0 Å². The first-order chi connectivity index (χ1) is 8.83. The summed E-state index contributed by atoms with van der Waals surface area (Å²) in [5.74, 6) is 0. The van der Waals surface area contributed by atoms with Crippen molar-refractivity contribution in [1.82, 2.24) is 0 Å². The zero-order valence-electron chi connectivity index (χ0n) is 11.3. The molecule has 0 aromatic carbocycles. The summed E-state index contributed by atoms with van der Waals surface area (Å²) in [6, 6.07) is 0. The number of hydrogen-bond acceptors (Lipinski definition) is 5. The van der Waals surface area contributed by atoms with Crippen LogP contribution in [0.1, 0.15) is 25.7 Å². The molecule has 1 heterocycles. The number of ether oxygens (including phenoxy) is 4. The molecule has 2 atom stereocenters. The number of methoxy groups -OCH3 is 1. The van der Waals surface area contributed by atoms with Crippen molar-refractivity contribution >= 4 is 0 Å². The monoisotopic (exact) mass is 262 g/mol. The van der Waals surface area contributed by atoms with Crippen LogP contribution in [0, 0.1) is 0 Å². The molecule has 0 amide bonds. The van der Waals surface area contributed by atoms with E-state index >= 15 is 0 Å². The van der Waals surface area contributed by atoms with Gasteiger partial charge in [0.05, 0.1) is 25.4 Å². The third kappa shape index (κ3) is 9.79. The maximum atomic E-state index is 9.36. The van der Waals surface area contributed by atoms with Crippen LogP contribution in [0.4, 0.5) is 0 Å². The Balaban J connectivity index is 1.67. The molecule has 5 heteroatoms. The summed E-state index contributed by atoms with van der Waals surface area (Å²) in [6.07, 6.45) is 3.72. The molecule has 1 N–H and O–H groups in total. The number of unbranched alkanes of at least 4 members (excludes halogenated alkanes) is 1. The highest BCUT2D eigenvalue weighted by Gasteiger charge is 2.21. The first kappa shape index (κ1) is 15.9. The quantitative estimate of drug-likeness (QED) is 0.396. The smallest absolute Gasteiger partial charge is 0.0831 e. The Morgan fingerprint density at radius 3 is 2.44 bits per heavy atom. The van der Waals surface area contributed by atoms with Gasteiger partial charge in [-0.15, -0.1) is 0 Å². The summed E-state index contributed by atoms with van der Waals surface area (Å²) in [7, 11) is 1.58. The Hall–Kier alpha value is -0.200. The molecule has 108 valence electrons. The van der Waals surface area contributed by atoms with Crippen LogP contribution in [0.25, 0.3) is 0 Å². The summed E-state index contributed by atoms with van der Waals surface area (Å²) < 4.78 is 20.8. The highest BCUT2D eigenvalue weighted by Crippen LogP contribution is 2.12. The van der Waals surface area contributed by atoms with E-state index in [4.69, 9.17) is 18.9 Å². The predicted octanol–water partition coefficient (Wildman–Crippen LogP) is 0.986.